The Hall–Kier alpha value is -2.05. The molecule has 0 saturated carbocycles. The molecule has 1 fully saturated rings. The van der Waals surface area contributed by atoms with Gasteiger partial charge in [0.25, 0.3) is 0 Å². The van der Waals surface area contributed by atoms with Gasteiger partial charge in [-0.25, -0.2) is 0 Å². The van der Waals surface area contributed by atoms with Crippen LogP contribution < -0.4 is 4.74 Å². The van der Waals surface area contributed by atoms with Crippen molar-refractivity contribution in [1.29, 1.82) is 0 Å². The molecule has 0 bridgehead atoms. The molecule has 3 atom stereocenters. The number of allylic oxidation sites excluding steroid dienone is 1. The van der Waals surface area contributed by atoms with Crippen LogP contribution >= 0.6 is 0 Å². The molecule has 2 N–H and O–H groups in total. The number of hydrogen-bond acceptors (Lipinski definition) is 6. The first-order valence-electron chi connectivity index (χ1n) is 8.51. The van der Waals surface area contributed by atoms with E-state index in [0.29, 0.717) is 42.0 Å². The number of aliphatic hydroxyl groups excluding tert-OH is 1. The van der Waals surface area contributed by atoms with Crippen molar-refractivity contribution in [2.24, 2.45) is 0 Å². The minimum atomic E-state index is -0.913. The number of nitrogens with zero attached hydrogens (tertiary/aromatic N) is 1. The van der Waals surface area contributed by atoms with E-state index in [1.165, 1.54) is 14.2 Å². The highest BCUT2D eigenvalue weighted by Crippen LogP contribution is 2.63. The first kappa shape index (κ1) is 16.4. The maximum absolute atomic E-state index is 13.4. The average molecular weight is 345 g/mol. The fourth-order valence-corrected chi connectivity index (χ4v) is 5.32. The van der Waals surface area contributed by atoms with E-state index in [1.54, 1.807) is 12.1 Å². The number of benzene rings is 1. The number of phenols is 1. The summed E-state index contributed by atoms with van der Waals surface area (Å²) in [6, 6.07) is 3.47. The van der Waals surface area contributed by atoms with E-state index in [4.69, 9.17) is 9.47 Å². The summed E-state index contributed by atoms with van der Waals surface area (Å²) in [6.07, 6.45) is 2.58. The lowest BCUT2D eigenvalue weighted by atomic mass is 9.53. The van der Waals surface area contributed by atoms with Crippen LogP contribution in [0.1, 0.15) is 36.5 Å². The largest absolute Gasteiger partial charge is 0.504 e. The van der Waals surface area contributed by atoms with Crippen LogP contribution in [0.2, 0.25) is 0 Å². The zero-order chi connectivity index (χ0) is 18.0. The summed E-state index contributed by atoms with van der Waals surface area (Å²) in [4.78, 5) is 15.4. The van der Waals surface area contributed by atoms with E-state index in [-0.39, 0.29) is 11.5 Å². The molecule has 25 heavy (non-hydrogen) atoms. The summed E-state index contributed by atoms with van der Waals surface area (Å²) in [5.41, 5.74) is -0.168. The van der Waals surface area contributed by atoms with Gasteiger partial charge >= 0.3 is 0 Å². The fraction of sp³-hybridized carbons (Fsp3) is 0.526. The van der Waals surface area contributed by atoms with Crippen LogP contribution in [0.5, 0.6) is 11.5 Å². The molecular weight excluding hydrogens is 322 g/mol. The summed E-state index contributed by atoms with van der Waals surface area (Å²) in [5.74, 6) is 0.607. The zero-order valence-electron chi connectivity index (χ0n) is 14.7. The number of ketones is 1. The van der Waals surface area contributed by atoms with E-state index in [2.05, 4.69) is 0 Å². The number of carbonyl (C=O) groups is 1. The van der Waals surface area contributed by atoms with Crippen molar-refractivity contribution >= 4 is 5.78 Å². The van der Waals surface area contributed by atoms with Crippen molar-refractivity contribution in [3.8, 4) is 11.5 Å². The number of carbonyl (C=O) groups excluding carboxylic acids is 1. The summed E-state index contributed by atoms with van der Waals surface area (Å²) < 4.78 is 10.6. The van der Waals surface area contributed by atoms with Gasteiger partial charge in [0.2, 0.25) is 5.78 Å². The molecule has 1 aromatic rings. The van der Waals surface area contributed by atoms with Gasteiger partial charge in [0.1, 0.15) is 5.54 Å². The molecule has 1 aromatic carbocycles. The number of Topliss-reactive ketones (excluding diaryl/α,β-unsaturated/α-hetero) is 1. The molecule has 3 aliphatic rings. The molecule has 0 spiro atoms. The molecule has 0 aromatic heterocycles. The lowest BCUT2D eigenvalue weighted by molar-refractivity contribution is -0.136. The second kappa shape index (κ2) is 5.22. The third-order valence-corrected chi connectivity index (χ3v) is 6.49. The van der Waals surface area contributed by atoms with Gasteiger partial charge in [-0.2, -0.15) is 0 Å². The number of phenolic OH excluding ortho intramolecular Hbond substituents is 1. The Labute approximate surface area is 146 Å². The molecule has 1 saturated heterocycles. The van der Waals surface area contributed by atoms with Crippen molar-refractivity contribution in [2.75, 3.05) is 27.8 Å². The van der Waals surface area contributed by atoms with Crippen LogP contribution in [-0.4, -0.2) is 54.2 Å². The molecule has 2 aliphatic carbocycles. The Bertz CT molecular complexity index is 788. The predicted molar refractivity (Wildman–Crippen MR) is 90.6 cm³/mol. The SMILES string of the molecule is COC1=CCC23CCN(C)C2(CC(O)c2ccc(OC)c(O)c23)C1=O. The highest BCUT2D eigenvalue weighted by atomic mass is 16.5. The second-order valence-corrected chi connectivity index (χ2v) is 7.22. The summed E-state index contributed by atoms with van der Waals surface area (Å²) in [6.45, 7) is 0.708. The first-order valence-corrected chi connectivity index (χ1v) is 8.51. The van der Waals surface area contributed by atoms with Gasteiger partial charge in [-0.1, -0.05) is 6.07 Å². The Morgan fingerprint density at radius 1 is 1.28 bits per heavy atom. The number of rotatable bonds is 2. The van der Waals surface area contributed by atoms with Crippen LogP contribution in [-0.2, 0) is 14.9 Å². The summed E-state index contributed by atoms with van der Waals surface area (Å²) >= 11 is 0. The molecule has 1 heterocycles. The third kappa shape index (κ3) is 1.74. The first-order chi connectivity index (χ1) is 11.9. The van der Waals surface area contributed by atoms with E-state index in [1.807, 2.05) is 18.0 Å². The van der Waals surface area contributed by atoms with Crippen molar-refractivity contribution in [1.82, 2.24) is 4.90 Å². The minimum absolute atomic E-state index is 0.0282. The molecule has 4 rings (SSSR count). The van der Waals surface area contributed by atoms with Crippen LogP contribution in [0.3, 0.4) is 0 Å². The number of methoxy groups -OCH3 is 2. The molecule has 134 valence electrons. The molecule has 6 heteroatoms. The molecule has 3 unspecified atom stereocenters. The zero-order valence-corrected chi connectivity index (χ0v) is 14.7. The second-order valence-electron chi connectivity index (χ2n) is 7.22. The third-order valence-electron chi connectivity index (χ3n) is 6.49. The fourth-order valence-electron chi connectivity index (χ4n) is 5.32. The van der Waals surface area contributed by atoms with Crippen LogP contribution in [0, 0.1) is 0 Å². The number of hydrogen-bond donors (Lipinski definition) is 2. The molecule has 0 radical (unpaired) electrons. The monoisotopic (exact) mass is 345 g/mol. The van der Waals surface area contributed by atoms with Gasteiger partial charge in [-0.05, 0) is 44.1 Å². The molecule has 6 nitrogen and oxygen atoms in total. The van der Waals surface area contributed by atoms with Crippen molar-refractivity contribution in [2.45, 2.75) is 36.3 Å². The van der Waals surface area contributed by atoms with Gasteiger partial charge in [0.15, 0.2) is 17.3 Å². The van der Waals surface area contributed by atoms with Crippen molar-refractivity contribution in [3.05, 3.63) is 35.1 Å². The normalized spacial score (nSPS) is 34.0. The van der Waals surface area contributed by atoms with Gasteiger partial charge in [0, 0.05) is 17.4 Å². The quantitative estimate of drug-likeness (QED) is 0.849. The maximum atomic E-state index is 13.4. The van der Waals surface area contributed by atoms with Crippen LogP contribution in [0.15, 0.2) is 24.0 Å². The predicted octanol–water partition coefficient (Wildman–Crippen LogP) is 1.65. The summed E-state index contributed by atoms with van der Waals surface area (Å²) in [7, 11) is 4.91. The standard InChI is InChI=1S/C19H23NO5/c1-20-9-8-18-7-6-14(25-3)17(23)19(18,20)10-12(21)11-4-5-13(24-2)16(22)15(11)18/h4-6,12,21-22H,7-10H2,1-3H3. The van der Waals surface area contributed by atoms with E-state index < -0.39 is 17.1 Å². The Morgan fingerprint density at radius 2 is 2.04 bits per heavy atom. The lowest BCUT2D eigenvalue weighted by Gasteiger charge is -2.54. The number of fused-ring (bicyclic) bond motifs is 1. The Balaban J connectivity index is 2.06. The maximum Gasteiger partial charge on any atom is 0.218 e. The Kier molecular flexibility index (Phi) is 3.43. The lowest BCUT2D eigenvalue weighted by Crippen LogP contribution is -2.65. The highest BCUT2D eigenvalue weighted by molar-refractivity contribution is 6.04. The molecule has 1 aliphatic heterocycles. The number of likely N-dealkylation sites (N-methyl/N-ethyl adjacent to an activating group) is 1. The number of likely N-dealkylation sites (tertiary alicyclic amines) is 1. The van der Waals surface area contributed by atoms with Crippen molar-refractivity contribution in [3.63, 3.8) is 0 Å². The highest BCUT2D eigenvalue weighted by Gasteiger charge is 2.68. The van der Waals surface area contributed by atoms with Gasteiger partial charge in [-0.15, -0.1) is 0 Å². The number of aliphatic hydroxyl groups is 1. The van der Waals surface area contributed by atoms with Gasteiger partial charge in [0.05, 0.1) is 20.3 Å². The smallest absolute Gasteiger partial charge is 0.218 e. The van der Waals surface area contributed by atoms with Gasteiger partial charge in [-0.3, -0.25) is 9.69 Å². The molecular formula is C19H23NO5. The minimum Gasteiger partial charge on any atom is -0.504 e. The Morgan fingerprint density at radius 3 is 2.72 bits per heavy atom. The van der Waals surface area contributed by atoms with Crippen molar-refractivity contribution < 1.29 is 24.5 Å². The van der Waals surface area contributed by atoms with Crippen LogP contribution in [0.25, 0.3) is 0 Å². The van der Waals surface area contributed by atoms with Crippen LogP contribution in [0.4, 0.5) is 0 Å². The topological polar surface area (TPSA) is 79.2 Å². The van der Waals surface area contributed by atoms with Gasteiger partial charge < -0.3 is 19.7 Å². The number of aromatic hydroxyl groups is 1. The van der Waals surface area contributed by atoms with E-state index in [9.17, 15) is 15.0 Å². The molecule has 0 amide bonds. The summed E-state index contributed by atoms with van der Waals surface area (Å²) in [5, 5.41) is 21.7. The number of ether oxygens (including phenoxy) is 2. The average Bonchev–Trinajstić information content (AvgIpc) is 2.90. The van der Waals surface area contributed by atoms with E-state index in [0.717, 1.165) is 6.42 Å². The van der Waals surface area contributed by atoms with E-state index >= 15 is 0 Å².